The number of benzene rings is 2. The largest absolute Gasteiger partial charge is 0.465 e. The molecule has 0 aliphatic carbocycles. The van der Waals surface area contributed by atoms with Crippen molar-refractivity contribution in [2.75, 3.05) is 13.2 Å². The van der Waals surface area contributed by atoms with Crippen molar-refractivity contribution in [3.63, 3.8) is 0 Å². The van der Waals surface area contributed by atoms with E-state index < -0.39 is 0 Å². The summed E-state index contributed by atoms with van der Waals surface area (Å²) in [5, 5.41) is 4.16. The Bertz CT molecular complexity index is 816. The molecule has 3 rings (SSSR count). The van der Waals surface area contributed by atoms with Gasteiger partial charge in [0.1, 0.15) is 0 Å². The summed E-state index contributed by atoms with van der Waals surface area (Å²) >= 11 is 0. The van der Waals surface area contributed by atoms with Gasteiger partial charge in [0, 0.05) is 24.7 Å². The lowest BCUT2D eigenvalue weighted by atomic mass is 10.1. The Hall–Kier alpha value is -2.92. The van der Waals surface area contributed by atoms with Crippen molar-refractivity contribution in [1.82, 2.24) is 10.1 Å². The maximum atomic E-state index is 12.0. The summed E-state index contributed by atoms with van der Waals surface area (Å²) in [4.78, 5) is 14.0. The molecule has 0 aliphatic heterocycles. The summed E-state index contributed by atoms with van der Waals surface area (Å²) in [6.45, 7) is 3.52. The topological polar surface area (TPSA) is 55.6 Å². The van der Waals surface area contributed by atoms with Gasteiger partial charge in [-0.2, -0.15) is 0 Å². The van der Waals surface area contributed by atoms with Crippen molar-refractivity contribution in [2.24, 2.45) is 0 Å². The summed E-state index contributed by atoms with van der Waals surface area (Å²) < 4.78 is 10.6. The first-order chi connectivity index (χ1) is 12.7. The first kappa shape index (κ1) is 17.9. The Kier molecular flexibility index (Phi) is 6.17. The van der Waals surface area contributed by atoms with Crippen LogP contribution in [0.25, 0.3) is 11.3 Å². The van der Waals surface area contributed by atoms with Crippen LogP contribution in [0.1, 0.15) is 18.2 Å². The lowest BCUT2D eigenvalue weighted by Gasteiger charge is -2.20. The van der Waals surface area contributed by atoms with E-state index in [4.69, 9.17) is 9.26 Å². The van der Waals surface area contributed by atoms with Crippen molar-refractivity contribution in [3.8, 4) is 11.3 Å². The number of nitrogens with zero attached hydrogens (tertiary/aromatic N) is 2. The monoisotopic (exact) mass is 350 g/mol. The average molecular weight is 350 g/mol. The third-order valence-electron chi connectivity index (χ3n) is 3.91. The predicted octanol–water partition coefficient (Wildman–Crippen LogP) is 3.91. The molecule has 0 radical (unpaired) electrons. The molecule has 3 aromatic rings. The van der Waals surface area contributed by atoms with Crippen LogP contribution in [0, 0.1) is 0 Å². The van der Waals surface area contributed by atoms with Crippen LogP contribution >= 0.6 is 0 Å². The molecular weight excluding hydrogens is 328 g/mol. The van der Waals surface area contributed by atoms with Crippen LogP contribution < -0.4 is 0 Å². The summed E-state index contributed by atoms with van der Waals surface area (Å²) in [6.07, 6.45) is 0. The van der Waals surface area contributed by atoms with E-state index in [9.17, 15) is 4.79 Å². The van der Waals surface area contributed by atoms with Gasteiger partial charge >= 0.3 is 5.97 Å². The highest BCUT2D eigenvalue weighted by Gasteiger charge is 2.16. The molecule has 0 spiro atoms. The second-order valence-corrected chi connectivity index (χ2v) is 5.98. The number of rotatable bonds is 8. The van der Waals surface area contributed by atoms with Gasteiger partial charge < -0.3 is 9.26 Å². The fourth-order valence-electron chi connectivity index (χ4n) is 2.75. The Labute approximate surface area is 153 Å². The van der Waals surface area contributed by atoms with E-state index in [1.165, 1.54) is 0 Å². The van der Waals surface area contributed by atoms with E-state index in [0.717, 1.165) is 22.6 Å². The van der Waals surface area contributed by atoms with Crippen molar-refractivity contribution >= 4 is 5.97 Å². The van der Waals surface area contributed by atoms with Crippen LogP contribution in [0.15, 0.2) is 71.3 Å². The van der Waals surface area contributed by atoms with E-state index in [2.05, 4.69) is 5.16 Å². The van der Waals surface area contributed by atoms with Crippen LogP contribution in [-0.2, 0) is 22.6 Å². The molecule has 0 saturated heterocycles. The van der Waals surface area contributed by atoms with Gasteiger partial charge in [0.15, 0.2) is 5.76 Å². The highest BCUT2D eigenvalue weighted by atomic mass is 16.5. The van der Waals surface area contributed by atoms with Gasteiger partial charge in [-0.1, -0.05) is 65.8 Å². The van der Waals surface area contributed by atoms with Crippen LogP contribution in [0.5, 0.6) is 0 Å². The number of esters is 1. The smallest absolute Gasteiger partial charge is 0.320 e. The quantitative estimate of drug-likeness (QED) is 0.577. The molecule has 0 bridgehead atoms. The lowest BCUT2D eigenvalue weighted by Crippen LogP contribution is -2.30. The van der Waals surface area contributed by atoms with E-state index in [1.807, 2.05) is 78.6 Å². The highest BCUT2D eigenvalue weighted by molar-refractivity contribution is 5.71. The van der Waals surface area contributed by atoms with E-state index in [1.54, 1.807) is 0 Å². The molecule has 0 fully saturated rings. The fraction of sp³-hybridized carbons (Fsp3) is 0.238. The highest BCUT2D eigenvalue weighted by Crippen LogP contribution is 2.20. The number of hydrogen-bond donors (Lipinski definition) is 0. The van der Waals surface area contributed by atoms with Gasteiger partial charge in [-0.3, -0.25) is 9.69 Å². The second-order valence-electron chi connectivity index (χ2n) is 5.98. The van der Waals surface area contributed by atoms with Gasteiger partial charge in [-0.05, 0) is 12.5 Å². The van der Waals surface area contributed by atoms with E-state index in [0.29, 0.717) is 19.7 Å². The molecule has 1 aromatic heterocycles. The molecule has 0 amide bonds. The Morgan fingerprint density at radius 1 is 1.04 bits per heavy atom. The van der Waals surface area contributed by atoms with Gasteiger partial charge in [-0.15, -0.1) is 0 Å². The predicted molar refractivity (Wildman–Crippen MR) is 99.1 cm³/mol. The number of carbonyl (C=O) groups excluding carboxylic acids is 1. The third kappa shape index (κ3) is 5.04. The number of aromatic nitrogens is 1. The molecule has 0 saturated carbocycles. The van der Waals surface area contributed by atoms with Gasteiger partial charge in [0.25, 0.3) is 0 Å². The maximum Gasteiger partial charge on any atom is 0.320 e. The minimum absolute atomic E-state index is 0.205. The lowest BCUT2D eigenvalue weighted by molar-refractivity contribution is -0.144. The third-order valence-corrected chi connectivity index (χ3v) is 3.91. The zero-order valence-electron chi connectivity index (χ0n) is 14.8. The summed E-state index contributed by atoms with van der Waals surface area (Å²) in [7, 11) is 0. The zero-order valence-corrected chi connectivity index (χ0v) is 14.8. The van der Waals surface area contributed by atoms with Gasteiger partial charge in [0.05, 0.1) is 18.8 Å². The molecule has 1 heterocycles. The zero-order chi connectivity index (χ0) is 18.2. The summed E-state index contributed by atoms with van der Waals surface area (Å²) in [6, 6.07) is 21.8. The molecule has 5 nitrogen and oxygen atoms in total. The van der Waals surface area contributed by atoms with E-state index >= 15 is 0 Å². The van der Waals surface area contributed by atoms with Crippen LogP contribution in [0.3, 0.4) is 0 Å². The van der Waals surface area contributed by atoms with Crippen LogP contribution in [0.2, 0.25) is 0 Å². The molecule has 0 unspecified atom stereocenters. The van der Waals surface area contributed by atoms with Crippen molar-refractivity contribution in [2.45, 2.75) is 20.0 Å². The second kappa shape index (κ2) is 8.97. The van der Waals surface area contributed by atoms with Crippen molar-refractivity contribution in [1.29, 1.82) is 0 Å². The fourth-order valence-corrected chi connectivity index (χ4v) is 2.75. The van der Waals surface area contributed by atoms with E-state index in [-0.39, 0.29) is 12.5 Å². The molecule has 134 valence electrons. The minimum atomic E-state index is -0.241. The first-order valence-electron chi connectivity index (χ1n) is 8.67. The number of carbonyl (C=O) groups is 1. The summed E-state index contributed by atoms with van der Waals surface area (Å²) in [5.74, 6) is 0.478. The molecule has 2 aromatic carbocycles. The van der Waals surface area contributed by atoms with Crippen molar-refractivity contribution < 1.29 is 14.1 Å². The molecule has 26 heavy (non-hydrogen) atoms. The molecular formula is C21H22N2O3. The van der Waals surface area contributed by atoms with Gasteiger partial charge in [-0.25, -0.2) is 0 Å². The van der Waals surface area contributed by atoms with Gasteiger partial charge in [0.2, 0.25) is 0 Å². The van der Waals surface area contributed by atoms with Crippen LogP contribution in [0.4, 0.5) is 0 Å². The first-order valence-corrected chi connectivity index (χ1v) is 8.67. The minimum Gasteiger partial charge on any atom is -0.465 e. The standard InChI is InChI=1S/C21H22N2O3/c1-2-25-21(24)16-23(14-17-9-5-3-6-10-17)15-19-13-20(26-22-19)18-11-7-4-8-12-18/h3-13H,2,14-16H2,1H3. The normalized spacial score (nSPS) is 10.8. The molecule has 0 atom stereocenters. The summed E-state index contributed by atoms with van der Waals surface area (Å²) in [5.41, 5.74) is 2.89. The SMILES string of the molecule is CCOC(=O)CN(Cc1ccccc1)Cc1cc(-c2ccccc2)on1. The molecule has 5 heteroatoms. The molecule has 0 N–H and O–H groups in total. The Morgan fingerprint density at radius 2 is 1.73 bits per heavy atom. The van der Waals surface area contributed by atoms with Crippen LogP contribution in [-0.4, -0.2) is 29.2 Å². The number of ether oxygens (including phenoxy) is 1. The average Bonchev–Trinajstić information content (AvgIpc) is 3.12. The Morgan fingerprint density at radius 3 is 2.42 bits per heavy atom. The van der Waals surface area contributed by atoms with Crippen molar-refractivity contribution in [3.05, 3.63) is 78.0 Å². The maximum absolute atomic E-state index is 12.0. The number of hydrogen-bond acceptors (Lipinski definition) is 5. The molecule has 0 aliphatic rings. The Balaban J connectivity index is 1.72.